The van der Waals surface area contributed by atoms with Crippen LogP contribution in [0.25, 0.3) is 0 Å². The quantitative estimate of drug-likeness (QED) is 0.769. The molecule has 1 rings (SSSR count). The second-order valence-corrected chi connectivity index (χ2v) is 3.40. The third-order valence-electron chi connectivity index (χ3n) is 1.84. The highest BCUT2D eigenvalue weighted by molar-refractivity contribution is 5.11. The van der Waals surface area contributed by atoms with E-state index in [1.54, 1.807) is 0 Å². The largest absolute Gasteiger partial charge is 0.322 e. The molecule has 1 unspecified atom stereocenters. The first-order chi connectivity index (χ1) is 6.13. The van der Waals surface area contributed by atoms with Gasteiger partial charge in [-0.05, 0) is 26.3 Å². The molecule has 0 aliphatic rings. The lowest BCUT2D eigenvalue weighted by Crippen LogP contribution is -2.12. The molecule has 0 spiro atoms. The Morgan fingerprint density at radius 1 is 1.46 bits per heavy atom. The van der Waals surface area contributed by atoms with Gasteiger partial charge in [-0.2, -0.15) is 0 Å². The molecule has 3 nitrogen and oxygen atoms in total. The Morgan fingerprint density at radius 2 is 2.15 bits per heavy atom. The molecule has 0 aliphatic heterocycles. The lowest BCUT2D eigenvalue weighted by Gasteiger charge is -2.07. The Labute approximate surface area is 79.4 Å². The molecule has 1 aromatic rings. The molecule has 0 aliphatic carbocycles. The molecule has 0 bridgehead atoms. The summed E-state index contributed by atoms with van der Waals surface area (Å²) in [6.45, 7) is 6.03. The van der Waals surface area contributed by atoms with Crippen LogP contribution in [0.1, 0.15) is 43.5 Å². The number of hydrogen-bond acceptors (Lipinski definition) is 3. The highest BCUT2D eigenvalue weighted by Crippen LogP contribution is 2.07. The molecule has 0 amide bonds. The number of aryl methyl sites for hydroxylation is 2. The van der Waals surface area contributed by atoms with Gasteiger partial charge < -0.3 is 5.73 Å². The highest BCUT2D eigenvalue weighted by Gasteiger charge is 2.05. The van der Waals surface area contributed by atoms with Crippen molar-refractivity contribution in [1.29, 1.82) is 0 Å². The Kier molecular flexibility index (Phi) is 3.37. The Morgan fingerprint density at radius 3 is 2.69 bits per heavy atom. The van der Waals surface area contributed by atoms with Crippen molar-refractivity contribution in [3.05, 3.63) is 23.3 Å². The SMILES string of the molecule is CCCc1cc(C)nc(C(C)N)n1. The van der Waals surface area contributed by atoms with Crippen LogP contribution in [0, 0.1) is 6.92 Å². The van der Waals surface area contributed by atoms with Gasteiger partial charge in [0.15, 0.2) is 0 Å². The molecule has 3 heteroatoms. The Balaban J connectivity index is 2.96. The summed E-state index contributed by atoms with van der Waals surface area (Å²) in [5.74, 6) is 0.753. The molecule has 0 saturated heterocycles. The van der Waals surface area contributed by atoms with E-state index in [0.717, 1.165) is 30.1 Å². The number of nitrogens with two attached hydrogens (primary N) is 1. The van der Waals surface area contributed by atoms with Crippen molar-refractivity contribution in [2.24, 2.45) is 5.73 Å². The van der Waals surface area contributed by atoms with Gasteiger partial charge in [-0.3, -0.25) is 0 Å². The third-order valence-corrected chi connectivity index (χ3v) is 1.84. The van der Waals surface area contributed by atoms with Crippen LogP contribution in [-0.4, -0.2) is 9.97 Å². The van der Waals surface area contributed by atoms with Crippen molar-refractivity contribution in [3.63, 3.8) is 0 Å². The first kappa shape index (κ1) is 10.1. The maximum atomic E-state index is 5.72. The summed E-state index contributed by atoms with van der Waals surface area (Å²) in [5, 5.41) is 0. The fourth-order valence-corrected chi connectivity index (χ4v) is 1.25. The highest BCUT2D eigenvalue weighted by atomic mass is 14.9. The summed E-state index contributed by atoms with van der Waals surface area (Å²) in [6.07, 6.45) is 2.11. The maximum Gasteiger partial charge on any atom is 0.145 e. The van der Waals surface area contributed by atoms with Gasteiger partial charge in [-0.25, -0.2) is 9.97 Å². The zero-order valence-electron chi connectivity index (χ0n) is 8.54. The van der Waals surface area contributed by atoms with Crippen molar-refractivity contribution in [1.82, 2.24) is 9.97 Å². The second-order valence-electron chi connectivity index (χ2n) is 3.40. The van der Waals surface area contributed by atoms with Crippen molar-refractivity contribution >= 4 is 0 Å². The van der Waals surface area contributed by atoms with E-state index in [2.05, 4.69) is 16.9 Å². The van der Waals surface area contributed by atoms with Gasteiger partial charge in [0.2, 0.25) is 0 Å². The summed E-state index contributed by atoms with van der Waals surface area (Å²) in [5.41, 5.74) is 7.83. The zero-order chi connectivity index (χ0) is 9.84. The predicted molar refractivity (Wildman–Crippen MR) is 53.4 cm³/mol. The predicted octanol–water partition coefficient (Wildman–Crippen LogP) is 1.76. The molecule has 1 heterocycles. The van der Waals surface area contributed by atoms with Gasteiger partial charge in [0.25, 0.3) is 0 Å². The summed E-state index contributed by atoms with van der Waals surface area (Å²) < 4.78 is 0. The Bertz CT molecular complexity index is 281. The van der Waals surface area contributed by atoms with E-state index in [1.807, 2.05) is 19.9 Å². The minimum atomic E-state index is -0.0736. The molecule has 13 heavy (non-hydrogen) atoms. The summed E-state index contributed by atoms with van der Waals surface area (Å²) >= 11 is 0. The van der Waals surface area contributed by atoms with Crippen LogP contribution in [0.15, 0.2) is 6.07 Å². The van der Waals surface area contributed by atoms with Crippen molar-refractivity contribution in [2.45, 2.75) is 39.7 Å². The maximum absolute atomic E-state index is 5.72. The fourth-order valence-electron chi connectivity index (χ4n) is 1.25. The normalized spacial score (nSPS) is 12.9. The van der Waals surface area contributed by atoms with Crippen LogP contribution < -0.4 is 5.73 Å². The van der Waals surface area contributed by atoms with Gasteiger partial charge in [0.05, 0.1) is 6.04 Å². The van der Waals surface area contributed by atoms with E-state index < -0.39 is 0 Å². The summed E-state index contributed by atoms with van der Waals surface area (Å²) in [6, 6.07) is 1.95. The molecule has 0 fully saturated rings. The molecule has 1 atom stereocenters. The van der Waals surface area contributed by atoms with E-state index in [4.69, 9.17) is 5.73 Å². The van der Waals surface area contributed by atoms with E-state index >= 15 is 0 Å². The van der Waals surface area contributed by atoms with Crippen LogP contribution >= 0.6 is 0 Å². The molecular weight excluding hydrogens is 162 g/mol. The van der Waals surface area contributed by atoms with Crippen LogP contribution in [0.2, 0.25) is 0 Å². The number of rotatable bonds is 3. The summed E-state index contributed by atoms with van der Waals surface area (Å²) in [4.78, 5) is 8.67. The zero-order valence-corrected chi connectivity index (χ0v) is 8.54. The lowest BCUT2D eigenvalue weighted by atomic mass is 10.2. The fraction of sp³-hybridized carbons (Fsp3) is 0.600. The average molecular weight is 179 g/mol. The molecule has 1 aromatic heterocycles. The molecule has 0 saturated carbocycles. The van der Waals surface area contributed by atoms with Crippen LogP contribution in [-0.2, 0) is 6.42 Å². The third kappa shape index (κ3) is 2.77. The van der Waals surface area contributed by atoms with Crippen LogP contribution in [0.5, 0.6) is 0 Å². The molecular formula is C10H17N3. The lowest BCUT2D eigenvalue weighted by molar-refractivity contribution is 0.714. The summed E-state index contributed by atoms with van der Waals surface area (Å²) in [7, 11) is 0. The first-order valence-corrected chi connectivity index (χ1v) is 4.73. The number of hydrogen-bond donors (Lipinski definition) is 1. The van der Waals surface area contributed by atoms with E-state index in [1.165, 1.54) is 0 Å². The standard InChI is InChI=1S/C10H17N3/c1-4-5-9-6-7(2)12-10(13-9)8(3)11/h6,8H,4-5,11H2,1-3H3. The molecule has 0 aromatic carbocycles. The topological polar surface area (TPSA) is 51.8 Å². The minimum absolute atomic E-state index is 0.0736. The molecule has 72 valence electrons. The van der Waals surface area contributed by atoms with Gasteiger partial charge in [0, 0.05) is 11.4 Å². The van der Waals surface area contributed by atoms with Gasteiger partial charge in [-0.1, -0.05) is 13.3 Å². The van der Waals surface area contributed by atoms with Gasteiger partial charge >= 0.3 is 0 Å². The van der Waals surface area contributed by atoms with Crippen molar-refractivity contribution in [2.75, 3.05) is 0 Å². The van der Waals surface area contributed by atoms with E-state index in [0.29, 0.717) is 0 Å². The van der Waals surface area contributed by atoms with Gasteiger partial charge in [0.1, 0.15) is 5.82 Å². The van der Waals surface area contributed by atoms with Crippen molar-refractivity contribution in [3.8, 4) is 0 Å². The van der Waals surface area contributed by atoms with E-state index in [9.17, 15) is 0 Å². The second kappa shape index (κ2) is 4.33. The van der Waals surface area contributed by atoms with Crippen molar-refractivity contribution < 1.29 is 0 Å². The van der Waals surface area contributed by atoms with Gasteiger partial charge in [-0.15, -0.1) is 0 Å². The van der Waals surface area contributed by atoms with Crippen LogP contribution in [0.4, 0.5) is 0 Å². The first-order valence-electron chi connectivity index (χ1n) is 4.73. The van der Waals surface area contributed by atoms with E-state index in [-0.39, 0.29) is 6.04 Å². The molecule has 0 radical (unpaired) electrons. The monoisotopic (exact) mass is 179 g/mol. The number of nitrogens with zero attached hydrogens (tertiary/aromatic N) is 2. The smallest absolute Gasteiger partial charge is 0.145 e. The number of aromatic nitrogens is 2. The average Bonchev–Trinajstić information content (AvgIpc) is 2.03. The van der Waals surface area contributed by atoms with Crippen LogP contribution in [0.3, 0.4) is 0 Å². The minimum Gasteiger partial charge on any atom is -0.322 e. The molecule has 2 N–H and O–H groups in total. The Hall–Kier alpha value is -0.960.